The van der Waals surface area contributed by atoms with Crippen molar-refractivity contribution in [1.29, 1.82) is 5.39 Å². The molecule has 2 nitrogen and oxygen atoms in total. The summed E-state index contributed by atoms with van der Waals surface area (Å²) in [5.41, 5.74) is 0.590. The average Bonchev–Trinajstić information content (AvgIpc) is 2.45. The van der Waals surface area contributed by atoms with Crippen molar-refractivity contribution in [2.45, 2.75) is 0 Å². The van der Waals surface area contributed by atoms with Gasteiger partial charge in [0.25, 0.3) is 0 Å². The van der Waals surface area contributed by atoms with Crippen LogP contribution in [-0.2, 0) is 0 Å². The zero-order valence-electron chi connectivity index (χ0n) is 16.8. The third-order valence-corrected chi connectivity index (χ3v) is 0.872. The molecule has 0 heterocycles. The molecule has 1 rings (SSSR count). The number of diazo groups is 1. The summed E-state index contributed by atoms with van der Waals surface area (Å²) in [6.45, 7) is 0. The monoisotopic (exact) mass is 627 g/mol. The molecule has 0 atom stereocenters. The van der Waals surface area contributed by atoms with E-state index in [0.29, 0.717) is 5.69 Å². The molecule has 0 aliphatic heterocycles. The van der Waals surface area contributed by atoms with E-state index in [1.807, 2.05) is 18.2 Å². The van der Waals surface area contributed by atoms with E-state index in [4.69, 9.17) is 5.39 Å². The summed E-state index contributed by atoms with van der Waals surface area (Å²) in [5, 5.41) is 8.16. The van der Waals surface area contributed by atoms with Crippen LogP contribution < -0.4 is 0 Å². The van der Waals surface area contributed by atoms with E-state index >= 15 is 0 Å². The van der Waals surface area contributed by atoms with Crippen LogP contribution >= 0.6 is 0 Å². The van der Waals surface area contributed by atoms with E-state index in [0.717, 1.165) is 0 Å². The molecule has 0 radical (unpaired) electrons. The zero-order valence-corrected chi connectivity index (χ0v) is 16.8. The maximum Gasteiger partial charge on any atom is 0.673 e. The molecule has 0 aromatic heterocycles. The van der Waals surface area contributed by atoms with Crippen LogP contribution in [0.1, 0.15) is 0 Å². The lowest BCUT2D eigenvalue weighted by atomic mass is 10.3. The Kier molecular flexibility index (Phi) is 27.1. The summed E-state index contributed by atoms with van der Waals surface area (Å²) in [5.74, 6) is 0. The third kappa shape index (κ3) is 646. The van der Waals surface area contributed by atoms with Gasteiger partial charge in [0.15, 0.2) is 4.98 Å². The summed E-state index contributed by atoms with van der Waals surface area (Å²) in [6, 6.07) is 8.94. The van der Waals surface area contributed by atoms with Gasteiger partial charge in [-0.05, 0) is 0 Å². The Hall–Kier alpha value is -2.65. The van der Waals surface area contributed by atoms with E-state index in [9.17, 15) is 104 Å². The Morgan fingerprint density at radius 3 is 0.553 bits per heavy atom. The largest absolute Gasteiger partial charge is 0.673 e. The van der Waals surface area contributed by atoms with Crippen molar-refractivity contribution < 1.29 is 104 Å². The predicted molar refractivity (Wildman–Crippen MR) is 92.3 cm³/mol. The average molecular weight is 626 g/mol. The highest BCUT2D eigenvalue weighted by molar-refractivity contribution is 6.51. The molecule has 0 saturated heterocycles. The van der Waals surface area contributed by atoms with Crippen molar-refractivity contribution in [1.82, 2.24) is 0 Å². The molecule has 0 spiro atoms. The highest BCUT2D eigenvalue weighted by Gasteiger charge is 2.22. The summed E-state index contributed by atoms with van der Waals surface area (Å²) in [7, 11) is -36.0. The third-order valence-electron chi connectivity index (χ3n) is 0.872. The lowest BCUT2D eigenvalue weighted by molar-refractivity contribution is 0.366. The lowest BCUT2D eigenvalue weighted by Crippen LogP contribution is -2.02. The van der Waals surface area contributed by atoms with Crippen LogP contribution in [0.25, 0.3) is 4.98 Å². The Bertz CT molecular complexity index is 552. The first-order chi connectivity index (χ1) is 15.9. The predicted octanol–water partition coefficient (Wildman–Crippen LogP) is 9.97. The van der Waals surface area contributed by atoms with Gasteiger partial charge in [-0.15, -0.1) is 0 Å². The lowest BCUT2D eigenvalue weighted by Gasteiger charge is -1.94. The van der Waals surface area contributed by atoms with Gasteiger partial charge in [-0.25, -0.2) is 0 Å². The van der Waals surface area contributed by atoms with Gasteiger partial charge < -0.3 is 104 Å². The second-order valence-corrected chi connectivity index (χ2v) is 4.40. The summed E-state index contributed by atoms with van der Waals surface area (Å²) >= 11 is 0. The van der Waals surface area contributed by atoms with Gasteiger partial charge in [-0.1, -0.05) is 18.2 Å². The Morgan fingerprint density at radius 1 is 0.342 bits per heavy atom. The molecule has 0 aliphatic carbocycles. The van der Waals surface area contributed by atoms with E-state index in [1.165, 1.54) is 0 Å². The van der Waals surface area contributed by atoms with Crippen LogP contribution in [-0.4, -0.2) is 43.5 Å². The van der Waals surface area contributed by atoms with Crippen LogP contribution in [0.3, 0.4) is 0 Å². The van der Waals surface area contributed by atoms with Gasteiger partial charge in [-0.3, -0.25) is 0 Å². The Balaban J connectivity index is -0.0000000795. The maximum atomic E-state index is 9.75. The molecular formula is C6H5B6F24N2-5. The molecule has 1 aromatic rings. The molecule has 0 unspecified atom stereocenters. The van der Waals surface area contributed by atoms with Crippen molar-refractivity contribution in [2.24, 2.45) is 0 Å². The summed E-state index contributed by atoms with van der Waals surface area (Å²) in [6.07, 6.45) is 0. The minimum Gasteiger partial charge on any atom is -0.418 e. The molecule has 0 bridgehead atoms. The van der Waals surface area contributed by atoms with Crippen LogP contribution in [0.15, 0.2) is 30.3 Å². The summed E-state index contributed by atoms with van der Waals surface area (Å²) in [4.78, 5) is 2.97. The highest BCUT2D eigenvalue weighted by atomic mass is 19.5. The fourth-order valence-corrected chi connectivity index (χ4v) is 0.495. The van der Waals surface area contributed by atoms with Gasteiger partial charge in [0.1, 0.15) is 0 Å². The van der Waals surface area contributed by atoms with Crippen LogP contribution in [0.4, 0.5) is 109 Å². The van der Waals surface area contributed by atoms with Gasteiger partial charge in [0, 0.05) is 12.1 Å². The Labute approximate surface area is 195 Å². The number of rotatable bonds is 0. The zero-order chi connectivity index (χ0) is 32.8. The minimum absolute atomic E-state index is 0.590. The number of halogens is 24. The molecule has 0 amide bonds. The fraction of sp³-hybridized carbons (Fsp3) is 0. The number of benzene rings is 1. The first kappa shape index (κ1) is 48.4. The topological polar surface area (TPSA) is 28.1 Å². The van der Waals surface area contributed by atoms with E-state index < -0.39 is 43.5 Å². The molecule has 0 N–H and O–H groups in total. The first-order valence-electron chi connectivity index (χ1n) is 7.57. The molecular weight excluding hydrogens is 621 g/mol. The van der Waals surface area contributed by atoms with E-state index in [-0.39, 0.29) is 0 Å². The van der Waals surface area contributed by atoms with Gasteiger partial charge in [0.2, 0.25) is 5.39 Å². The highest BCUT2D eigenvalue weighted by Crippen LogP contribution is 2.09. The molecule has 0 aliphatic rings. The molecule has 0 saturated carbocycles. The van der Waals surface area contributed by atoms with Crippen LogP contribution in [0, 0.1) is 5.39 Å². The smallest absolute Gasteiger partial charge is 0.418 e. The molecule has 32 heteroatoms. The first-order valence-corrected chi connectivity index (χ1v) is 7.57. The second kappa shape index (κ2) is 21.3. The van der Waals surface area contributed by atoms with Gasteiger partial charge in [0.05, 0.1) is 0 Å². The quantitative estimate of drug-likeness (QED) is 0.160. The van der Waals surface area contributed by atoms with Crippen molar-refractivity contribution in [3.05, 3.63) is 35.3 Å². The van der Waals surface area contributed by atoms with Crippen molar-refractivity contribution in [3.8, 4) is 0 Å². The van der Waals surface area contributed by atoms with Crippen molar-refractivity contribution in [3.63, 3.8) is 0 Å². The fourth-order valence-electron chi connectivity index (χ4n) is 0.495. The van der Waals surface area contributed by atoms with Gasteiger partial charge >= 0.3 is 49.2 Å². The standard InChI is InChI=1S/C6H5N2.6BF4/c7-8-6-4-2-1-3-5-6;6*2-1(3,4)5/h1-5H;;;;;;/q+1;6*-1. The molecule has 0 fully saturated rings. The minimum atomic E-state index is -6.00. The van der Waals surface area contributed by atoms with Crippen molar-refractivity contribution >= 4 is 49.2 Å². The normalized spacial score (nSPS) is 11.1. The molecule has 38 heavy (non-hydrogen) atoms. The second-order valence-electron chi connectivity index (χ2n) is 4.40. The Morgan fingerprint density at radius 2 is 0.474 bits per heavy atom. The molecule has 1 aromatic carbocycles. The van der Waals surface area contributed by atoms with Crippen LogP contribution in [0.2, 0.25) is 0 Å². The summed E-state index contributed by atoms with van der Waals surface area (Å²) < 4.78 is 234. The van der Waals surface area contributed by atoms with Crippen LogP contribution in [0.5, 0.6) is 0 Å². The van der Waals surface area contributed by atoms with E-state index in [2.05, 4.69) is 4.98 Å². The van der Waals surface area contributed by atoms with Gasteiger partial charge in [-0.2, -0.15) is 0 Å². The SMILES string of the molecule is F[B-](F)(F)F.F[B-](F)(F)F.F[B-](F)(F)F.F[B-](F)(F)F.F[B-](F)(F)F.F[B-](F)(F)F.N#[N+]c1ccccc1. The maximum absolute atomic E-state index is 9.75. The molecule has 230 valence electrons. The number of hydrogen-bond donors (Lipinski definition) is 0. The number of hydrogen-bond acceptors (Lipinski definition) is 1. The van der Waals surface area contributed by atoms with E-state index in [1.54, 1.807) is 12.1 Å². The van der Waals surface area contributed by atoms with Crippen molar-refractivity contribution in [2.75, 3.05) is 0 Å². The number of nitrogens with zero attached hydrogens (tertiary/aromatic N) is 2.